The number of nitrogens with two attached hydrogens (primary N) is 1. The highest BCUT2D eigenvalue weighted by Crippen LogP contribution is 2.23. The van der Waals surface area contributed by atoms with Crippen LogP contribution >= 0.6 is 0 Å². The Balaban J connectivity index is 2.21. The Morgan fingerprint density at radius 3 is 2.23 bits per heavy atom. The van der Waals surface area contributed by atoms with Crippen molar-refractivity contribution in [2.45, 2.75) is 6.10 Å². The Morgan fingerprint density at radius 2 is 1.68 bits per heavy atom. The van der Waals surface area contributed by atoms with Gasteiger partial charge in [0, 0.05) is 11.1 Å². The van der Waals surface area contributed by atoms with Crippen molar-refractivity contribution in [1.82, 2.24) is 0 Å². The average Bonchev–Trinajstić information content (AvgIpc) is 2.59. The Morgan fingerprint density at radius 1 is 1.05 bits per heavy atom. The first-order valence-electron chi connectivity index (χ1n) is 6.78. The molecule has 0 aromatic heterocycles. The van der Waals surface area contributed by atoms with Crippen LogP contribution in [0.2, 0.25) is 0 Å². The number of hydrogen-bond acceptors (Lipinski definition) is 5. The van der Waals surface area contributed by atoms with E-state index in [9.17, 15) is 9.59 Å². The van der Waals surface area contributed by atoms with Gasteiger partial charge in [-0.05, 0) is 24.3 Å². The molecule has 5 heteroatoms. The summed E-state index contributed by atoms with van der Waals surface area (Å²) >= 11 is 0. The Kier molecular flexibility index (Phi) is 5.27. The quantitative estimate of drug-likeness (QED) is 0.653. The summed E-state index contributed by atoms with van der Waals surface area (Å²) in [5, 5.41) is 0. The van der Waals surface area contributed by atoms with Crippen LogP contribution in [0.4, 0.5) is 0 Å². The van der Waals surface area contributed by atoms with Crippen LogP contribution in [0.25, 0.3) is 0 Å². The molecule has 5 nitrogen and oxygen atoms in total. The lowest BCUT2D eigenvalue weighted by Gasteiger charge is -2.17. The molecule has 0 amide bonds. The largest absolute Gasteiger partial charge is 0.474 e. The minimum absolute atomic E-state index is 0.0466. The van der Waals surface area contributed by atoms with Crippen LogP contribution in [0.15, 0.2) is 54.6 Å². The zero-order chi connectivity index (χ0) is 15.9. The van der Waals surface area contributed by atoms with Gasteiger partial charge in [0.05, 0.1) is 13.7 Å². The summed E-state index contributed by atoms with van der Waals surface area (Å²) in [5.41, 5.74) is 6.51. The van der Waals surface area contributed by atoms with Gasteiger partial charge in [-0.2, -0.15) is 0 Å². The fourth-order valence-electron chi connectivity index (χ4n) is 1.96. The third-order valence-corrected chi connectivity index (χ3v) is 3.13. The maximum atomic E-state index is 11.9. The van der Waals surface area contributed by atoms with Crippen LogP contribution in [-0.4, -0.2) is 25.4 Å². The Hall–Kier alpha value is -2.66. The van der Waals surface area contributed by atoms with E-state index in [4.69, 9.17) is 15.2 Å². The van der Waals surface area contributed by atoms with Gasteiger partial charge in [-0.25, -0.2) is 4.79 Å². The van der Waals surface area contributed by atoms with Crippen molar-refractivity contribution in [2.24, 2.45) is 5.73 Å². The molecule has 22 heavy (non-hydrogen) atoms. The van der Waals surface area contributed by atoms with Crippen LogP contribution in [-0.2, 0) is 9.53 Å². The standard InChI is InChI=1S/C17H17NO4/c1-21-17(20)16(13-5-3-2-4-6-13)22-14-9-7-12(8-10-14)15(19)11-18/h2-10,16H,11,18H2,1H3. The highest BCUT2D eigenvalue weighted by Gasteiger charge is 2.23. The second kappa shape index (κ2) is 7.38. The molecule has 0 aliphatic carbocycles. The molecular formula is C17H17NO4. The molecule has 114 valence electrons. The number of ketones is 1. The summed E-state index contributed by atoms with van der Waals surface area (Å²) in [6, 6.07) is 15.5. The first-order valence-corrected chi connectivity index (χ1v) is 6.78. The molecule has 1 unspecified atom stereocenters. The summed E-state index contributed by atoms with van der Waals surface area (Å²) in [7, 11) is 1.31. The minimum Gasteiger partial charge on any atom is -0.474 e. The fraction of sp³-hybridized carbons (Fsp3) is 0.176. The number of rotatable bonds is 6. The lowest BCUT2D eigenvalue weighted by Crippen LogP contribution is -2.20. The third kappa shape index (κ3) is 3.71. The van der Waals surface area contributed by atoms with Crippen LogP contribution in [0, 0.1) is 0 Å². The van der Waals surface area contributed by atoms with E-state index in [0.29, 0.717) is 16.9 Å². The predicted octanol–water partition coefficient (Wildman–Crippen LogP) is 2.12. The van der Waals surface area contributed by atoms with E-state index < -0.39 is 12.1 Å². The number of benzene rings is 2. The van der Waals surface area contributed by atoms with E-state index in [0.717, 1.165) is 0 Å². The van der Waals surface area contributed by atoms with E-state index in [1.54, 1.807) is 36.4 Å². The van der Waals surface area contributed by atoms with Crippen LogP contribution in [0.5, 0.6) is 5.75 Å². The number of hydrogen-bond donors (Lipinski definition) is 1. The predicted molar refractivity (Wildman–Crippen MR) is 81.7 cm³/mol. The fourth-order valence-corrected chi connectivity index (χ4v) is 1.96. The topological polar surface area (TPSA) is 78.6 Å². The van der Waals surface area contributed by atoms with Crippen molar-refractivity contribution in [3.8, 4) is 5.75 Å². The molecule has 0 heterocycles. The first kappa shape index (κ1) is 15.7. The van der Waals surface area contributed by atoms with Crippen LogP contribution in [0.3, 0.4) is 0 Å². The van der Waals surface area contributed by atoms with E-state index in [1.165, 1.54) is 7.11 Å². The highest BCUT2D eigenvalue weighted by atomic mass is 16.6. The Bertz CT molecular complexity index is 637. The van der Waals surface area contributed by atoms with E-state index in [2.05, 4.69) is 0 Å². The minimum atomic E-state index is -0.859. The van der Waals surface area contributed by atoms with Gasteiger partial charge in [0.1, 0.15) is 5.75 Å². The molecule has 2 rings (SSSR count). The number of carbonyl (C=O) groups excluding carboxylic acids is 2. The van der Waals surface area contributed by atoms with Gasteiger partial charge in [0.25, 0.3) is 0 Å². The van der Waals surface area contributed by atoms with Crippen molar-refractivity contribution in [3.63, 3.8) is 0 Å². The van der Waals surface area contributed by atoms with Gasteiger partial charge in [-0.15, -0.1) is 0 Å². The monoisotopic (exact) mass is 299 g/mol. The molecule has 2 N–H and O–H groups in total. The summed E-state index contributed by atoms with van der Waals surface area (Å²) in [5.74, 6) is -0.180. The molecule has 0 fully saturated rings. The van der Waals surface area contributed by atoms with Crippen molar-refractivity contribution in [2.75, 3.05) is 13.7 Å². The van der Waals surface area contributed by atoms with E-state index in [-0.39, 0.29) is 12.3 Å². The second-order valence-corrected chi connectivity index (χ2v) is 4.58. The summed E-state index contributed by atoms with van der Waals surface area (Å²) < 4.78 is 10.5. The number of methoxy groups -OCH3 is 1. The molecule has 0 radical (unpaired) electrons. The zero-order valence-corrected chi connectivity index (χ0v) is 12.2. The van der Waals surface area contributed by atoms with Gasteiger partial charge in [0.2, 0.25) is 6.10 Å². The smallest absolute Gasteiger partial charge is 0.351 e. The van der Waals surface area contributed by atoms with Gasteiger partial charge in [-0.1, -0.05) is 30.3 Å². The first-order chi connectivity index (χ1) is 10.7. The van der Waals surface area contributed by atoms with E-state index in [1.807, 2.05) is 18.2 Å². The van der Waals surface area contributed by atoms with Crippen molar-refractivity contribution >= 4 is 11.8 Å². The van der Waals surface area contributed by atoms with Gasteiger partial charge < -0.3 is 15.2 Å². The molecule has 0 saturated heterocycles. The SMILES string of the molecule is COC(=O)C(Oc1ccc(C(=O)CN)cc1)c1ccccc1. The molecule has 1 atom stereocenters. The molecule has 2 aromatic carbocycles. The van der Waals surface area contributed by atoms with Crippen LogP contribution < -0.4 is 10.5 Å². The van der Waals surface area contributed by atoms with Crippen molar-refractivity contribution in [3.05, 3.63) is 65.7 Å². The summed E-state index contributed by atoms with van der Waals surface area (Å²) in [4.78, 5) is 23.4. The highest BCUT2D eigenvalue weighted by molar-refractivity contribution is 5.97. The van der Waals surface area contributed by atoms with Crippen molar-refractivity contribution in [1.29, 1.82) is 0 Å². The average molecular weight is 299 g/mol. The van der Waals surface area contributed by atoms with Gasteiger partial charge in [0.15, 0.2) is 5.78 Å². The van der Waals surface area contributed by atoms with Crippen molar-refractivity contribution < 1.29 is 19.1 Å². The molecule has 0 aliphatic rings. The molecule has 0 aliphatic heterocycles. The maximum Gasteiger partial charge on any atom is 0.351 e. The summed E-state index contributed by atoms with van der Waals surface area (Å²) in [6.07, 6.45) is -0.859. The van der Waals surface area contributed by atoms with Crippen LogP contribution in [0.1, 0.15) is 22.0 Å². The normalized spacial score (nSPS) is 11.5. The lowest BCUT2D eigenvalue weighted by atomic mass is 10.1. The maximum absolute atomic E-state index is 11.9. The zero-order valence-electron chi connectivity index (χ0n) is 12.2. The molecular weight excluding hydrogens is 282 g/mol. The number of esters is 1. The second-order valence-electron chi connectivity index (χ2n) is 4.58. The summed E-state index contributed by atoms with van der Waals surface area (Å²) in [6.45, 7) is -0.0466. The number of ether oxygens (including phenoxy) is 2. The third-order valence-electron chi connectivity index (χ3n) is 3.13. The number of carbonyl (C=O) groups is 2. The van der Waals surface area contributed by atoms with E-state index >= 15 is 0 Å². The lowest BCUT2D eigenvalue weighted by molar-refractivity contribution is -0.149. The number of Topliss-reactive ketones (excluding diaryl/α,β-unsaturated/α-hetero) is 1. The molecule has 0 bridgehead atoms. The van der Waals surface area contributed by atoms with Gasteiger partial charge in [-0.3, -0.25) is 4.79 Å². The Labute approximate surface area is 128 Å². The van der Waals surface area contributed by atoms with Gasteiger partial charge >= 0.3 is 5.97 Å². The molecule has 2 aromatic rings. The molecule has 0 spiro atoms. The molecule has 0 saturated carbocycles.